The number of halogens is 1. The number of phenols is 1. The predicted octanol–water partition coefficient (Wildman–Crippen LogP) is 3.51. The molecule has 2 aromatic carbocycles. The molecule has 0 radical (unpaired) electrons. The van der Waals surface area contributed by atoms with Crippen LogP contribution >= 0.6 is 11.6 Å². The van der Waals surface area contributed by atoms with Crippen LogP contribution < -0.4 is 14.9 Å². The van der Waals surface area contributed by atoms with Gasteiger partial charge in [0.05, 0.1) is 18.3 Å². The molecule has 2 N–H and O–H groups in total. The highest BCUT2D eigenvalue weighted by molar-refractivity contribution is 6.32. The number of benzene rings is 2. The molecule has 0 saturated heterocycles. The fourth-order valence-electron chi connectivity index (χ4n) is 2.32. The summed E-state index contributed by atoms with van der Waals surface area (Å²) >= 11 is 5.90. The molecule has 0 aliphatic carbocycles. The van der Waals surface area contributed by atoms with Gasteiger partial charge in [0.25, 0.3) is 5.91 Å². The Kier molecular flexibility index (Phi) is 6.46. The molecule has 0 atom stereocenters. The van der Waals surface area contributed by atoms with E-state index in [4.69, 9.17) is 21.1 Å². The second-order valence-corrected chi connectivity index (χ2v) is 6.20. The lowest BCUT2D eigenvalue weighted by Gasteiger charge is -2.13. The van der Waals surface area contributed by atoms with Crippen molar-refractivity contribution in [3.63, 3.8) is 0 Å². The largest absolute Gasteiger partial charge is 0.503 e. The van der Waals surface area contributed by atoms with E-state index < -0.39 is 5.91 Å². The van der Waals surface area contributed by atoms with Crippen molar-refractivity contribution in [3.8, 4) is 17.2 Å². The lowest BCUT2D eigenvalue weighted by atomic mass is 10.1. The smallest absolute Gasteiger partial charge is 0.277 e. The quantitative estimate of drug-likeness (QED) is 0.597. The van der Waals surface area contributed by atoms with E-state index in [0.717, 1.165) is 16.7 Å². The number of hydrazone groups is 1. The van der Waals surface area contributed by atoms with E-state index in [-0.39, 0.29) is 23.1 Å². The van der Waals surface area contributed by atoms with Crippen molar-refractivity contribution < 1.29 is 19.4 Å². The maximum atomic E-state index is 11.9. The molecule has 0 heterocycles. The number of nitrogens with zero attached hydrogens (tertiary/aromatic N) is 1. The van der Waals surface area contributed by atoms with Crippen LogP contribution in [-0.2, 0) is 4.79 Å². The van der Waals surface area contributed by atoms with Gasteiger partial charge in [-0.2, -0.15) is 5.10 Å². The summed E-state index contributed by atoms with van der Waals surface area (Å²) in [4.78, 5) is 11.9. The van der Waals surface area contributed by atoms with E-state index in [2.05, 4.69) is 10.5 Å². The second kappa shape index (κ2) is 8.58. The van der Waals surface area contributed by atoms with Crippen LogP contribution in [0.2, 0.25) is 5.02 Å². The number of hydrogen-bond acceptors (Lipinski definition) is 5. The average molecular weight is 377 g/mol. The Balaban J connectivity index is 1.96. The third-order valence-corrected chi connectivity index (χ3v) is 4.18. The number of nitrogens with one attached hydrogen (secondary N) is 1. The Morgan fingerprint density at radius 1 is 1.27 bits per heavy atom. The molecule has 0 unspecified atom stereocenters. The first kappa shape index (κ1) is 19.6. The number of aryl methyl sites for hydroxylation is 2. The molecule has 6 nitrogen and oxygen atoms in total. The van der Waals surface area contributed by atoms with Crippen LogP contribution in [0.15, 0.2) is 29.4 Å². The van der Waals surface area contributed by atoms with Crippen LogP contribution in [0.25, 0.3) is 0 Å². The highest BCUT2D eigenvalue weighted by Gasteiger charge is 2.10. The number of phenolic OH excluding ortho intramolecular Hbond substituents is 1. The number of rotatable bonds is 6. The highest BCUT2D eigenvalue weighted by Crippen LogP contribution is 2.34. The van der Waals surface area contributed by atoms with E-state index in [1.807, 2.05) is 32.9 Å². The molecular weight excluding hydrogens is 356 g/mol. The van der Waals surface area contributed by atoms with Crippen LogP contribution in [0, 0.1) is 20.8 Å². The first-order valence-corrected chi connectivity index (χ1v) is 8.29. The molecule has 0 fully saturated rings. The van der Waals surface area contributed by atoms with Gasteiger partial charge in [-0.3, -0.25) is 4.79 Å². The van der Waals surface area contributed by atoms with Crippen molar-refractivity contribution in [1.82, 2.24) is 5.43 Å². The van der Waals surface area contributed by atoms with Gasteiger partial charge in [0, 0.05) is 0 Å². The molecule has 2 rings (SSSR count). The molecule has 0 bridgehead atoms. The summed E-state index contributed by atoms with van der Waals surface area (Å²) in [5, 5.41) is 13.7. The Bertz CT molecular complexity index is 850. The second-order valence-electron chi connectivity index (χ2n) is 5.79. The van der Waals surface area contributed by atoms with Crippen LogP contribution in [0.1, 0.15) is 22.3 Å². The van der Waals surface area contributed by atoms with Crippen molar-refractivity contribution in [1.29, 1.82) is 0 Å². The molecule has 0 aliphatic rings. The average Bonchev–Trinajstić information content (AvgIpc) is 2.61. The van der Waals surface area contributed by atoms with Gasteiger partial charge in [0.1, 0.15) is 5.75 Å². The maximum Gasteiger partial charge on any atom is 0.277 e. The summed E-state index contributed by atoms with van der Waals surface area (Å²) in [7, 11) is 1.42. The van der Waals surface area contributed by atoms with Crippen molar-refractivity contribution in [2.24, 2.45) is 5.10 Å². The van der Waals surface area contributed by atoms with Crippen molar-refractivity contribution in [2.75, 3.05) is 13.7 Å². The molecule has 26 heavy (non-hydrogen) atoms. The summed E-state index contributed by atoms with van der Waals surface area (Å²) in [5.74, 6) is 0.393. The van der Waals surface area contributed by atoms with Gasteiger partial charge in [-0.25, -0.2) is 5.43 Å². The minimum absolute atomic E-state index is 0.130. The van der Waals surface area contributed by atoms with Gasteiger partial charge in [-0.1, -0.05) is 23.7 Å². The van der Waals surface area contributed by atoms with Gasteiger partial charge in [0.2, 0.25) is 0 Å². The van der Waals surface area contributed by atoms with Gasteiger partial charge >= 0.3 is 0 Å². The zero-order valence-corrected chi connectivity index (χ0v) is 15.8. The molecule has 7 heteroatoms. The lowest BCUT2D eigenvalue weighted by molar-refractivity contribution is -0.123. The van der Waals surface area contributed by atoms with E-state index in [1.165, 1.54) is 19.4 Å². The summed E-state index contributed by atoms with van der Waals surface area (Å²) in [6, 6.07) is 7.02. The van der Waals surface area contributed by atoms with Crippen LogP contribution in [0.5, 0.6) is 17.2 Å². The molecular formula is C19H21ClN2O4. The van der Waals surface area contributed by atoms with Crippen molar-refractivity contribution in [2.45, 2.75) is 20.8 Å². The summed E-state index contributed by atoms with van der Waals surface area (Å²) in [6.07, 6.45) is 1.40. The standard InChI is InChI=1S/C19H21ClN2O4/c1-11-5-6-12(2)19(13(11)3)26-10-17(23)22-21-9-14-7-15(20)18(24)16(8-14)25-4/h5-9,24H,10H2,1-4H3,(H,22,23)/b21-9+. The molecule has 0 saturated carbocycles. The number of carbonyl (C=O) groups is 1. The first-order valence-electron chi connectivity index (χ1n) is 7.91. The molecule has 138 valence electrons. The Morgan fingerprint density at radius 3 is 2.65 bits per heavy atom. The van der Waals surface area contributed by atoms with Gasteiger partial charge in [-0.15, -0.1) is 0 Å². The Labute approximate surface area is 157 Å². The van der Waals surface area contributed by atoms with E-state index in [9.17, 15) is 9.90 Å². The van der Waals surface area contributed by atoms with E-state index in [1.54, 1.807) is 6.07 Å². The Morgan fingerprint density at radius 2 is 1.96 bits per heavy atom. The number of ether oxygens (including phenoxy) is 2. The van der Waals surface area contributed by atoms with Crippen LogP contribution in [0.3, 0.4) is 0 Å². The monoisotopic (exact) mass is 376 g/mol. The fraction of sp³-hybridized carbons (Fsp3) is 0.263. The summed E-state index contributed by atoms with van der Waals surface area (Å²) in [5.41, 5.74) is 6.03. The minimum Gasteiger partial charge on any atom is -0.503 e. The van der Waals surface area contributed by atoms with E-state index >= 15 is 0 Å². The topological polar surface area (TPSA) is 80.2 Å². The zero-order chi connectivity index (χ0) is 19.3. The van der Waals surface area contributed by atoms with Gasteiger partial charge in [-0.05, 0) is 55.2 Å². The lowest BCUT2D eigenvalue weighted by Crippen LogP contribution is -2.25. The predicted molar refractivity (Wildman–Crippen MR) is 102 cm³/mol. The third-order valence-electron chi connectivity index (χ3n) is 3.89. The summed E-state index contributed by atoms with van der Waals surface area (Å²) in [6.45, 7) is 5.72. The van der Waals surface area contributed by atoms with Crippen LogP contribution in [-0.4, -0.2) is 30.9 Å². The SMILES string of the molecule is COc1cc(/C=N/NC(=O)COc2c(C)ccc(C)c2C)cc(Cl)c1O. The van der Waals surface area contributed by atoms with Crippen LogP contribution in [0.4, 0.5) is 0 Å². The normalized spacial score (nSPS) is 10.8. The van der Waals surface area contributed by atoms with Crippen molar-refractivity contribution in [3.05, 3.63) is 51.5 Å². The number of carbonyl (C=O) groups excluding carboxylic acids is 1. The van der Waals surface area contributed by atoms with Crippen molar-refractivity contribution >= 4 is 23.7 Å². The summed E-state index contributed by atoms with van der Waals surface area (Å²) < 4.78 is 10.6. The van der Waals surface area contributed by atoms with Gasteiger partial charge < -0.3 is 14.6 Å². The number of hydrogen-bond donors (Lipinski definition) is 2. The molecule has 1 amide bonds. The Hall–Kier alpha value is -2.73. The highest BCUT2D eigenvalue weighted by atomic mass is 35.5. The molecule has 2 aromatic rings. The fourth-order valence-corrected chi connectivity index (χ4v) is 2.54. The third kappa shape index (κ3) is 4.67. The maximum absolute atomic E-state index is 11.9. The molecule has 0 spiro atoms. The van der Waals surface area contributed by atoms with E-state index in [0.29, 0.717) is 11.3 Å². The number of aromatic hydroxyl groups is 1. The molecule has 0 aliphatic heterocycles. The number of amides is 1. The first-order chi connectivity index (χ1) is 12.3. The minimum atomic E-state index is -0.390. The number of methoxy groups -OCH3 is 1. The zero-order valence-electron chi connectivity index (χ0n) is 15.1. The van der Waals surface area contributed by atoms with Gasteiger partial charge in [0.15, 0.2) is 18.1 Å². The molecule has 0 aromatic heterocycles.